The first-order valence-electron chi connectivity index (χ1n) is 10.4. The Balaban J connectivity index is 1.83. The maximum absolute atomic E-state index is 13.7. The molecule has 158 valence electrons. The van der Waals surface area contributed by atoms with E-state index in [2.05, 4.69) is 20.8 Å². The van der Waals surface area contributed by atoms with Gasteiger partial charge in [0.25, 0.3) is 5.56 Å². The quantitative estimate of drug-likeness (QED) is 0.427. The lowest BCUT2D eigenvalue weighted by atomic mass is 10.1. The van der Waals surface area contributed by atoms with Crippen LogP contribution in [0.3, 0.4) is 0 Å². The lowest BCUT2D eigenvalue weighted by Gasteiger charge is -2.16. The second kappa shape index (κ2) is 8.55. The van der Waals surface area contributed by atoms with E-state index in [0.29, 0.717) is 16.3 Å². The van der Waals surface area contributed by atoms with Crippen molar-refractivity contribution in [3.63, 3.8) is 0 Å². The van der Waals surface area contributed by atoms with Crippen molar-refractivity contribution < 1.29 is 4.79 Å². The first kappa shape index (κ1) is 21.1. The lowest BCUT2D eigenvalue weighted by molar-refractivity contribution is -0.127. The molecule has 3 aromatic rings. The zero-order chi connectivity index (χ0) is 21.4. The molecule has 1 fully saturated rings. The molecular formula is C23H27N3O2S2. The number of likely N-dealkylation sites (tertiary alicyclic amines) is 1. The molecule has 1 aliphatic heterocycles. The summed E-state index contributed by atoms with van der Waals surface area (Å²) in [4.78, 5) is 35.0. The van der Waals surface area contributed by atoms with Crippen LogP contribution in [0.5, 0.6) is 0 Å². The van der Waals surface area contributed by atoms with Gasteiger partial charge in [-0.1, -0.05) is 24.8 Å². The fraction of sp³-hybridized carbons (Fsp3) is 0.435. The first-order chi connectivity index (χ1) is 14.4. The van der Waals surface area contributed by atoms with E-state index in [-0.39, 0.29) is 11.5 Å². The Labute approximate surface area is 185 Å². The van der Waals surface area contributed by atoms with Gasteiger partial charge in [0.05, 0.1) is 16.8 Å². The van der Waals surface area contributed by atoms with E-state index >= 15 is 0 Å². The Morgan fingerprint density at radius 1 is 1.17 bits per heavy atom. The summed E-state index contributed by atoms with van der Waals surface area (Å²) < 4.78 is 1.70. The van der Waals surface area contributed by atoms with Crippen LogP contribution in [0.2, 0.25) is 0 Å². The Kier molecular flexibility index (Phi) is 6.02. The lowest BCUT2D eigenvalue weighted by Crippen LogP contribution is -2.29. The van der Waals surface area contributed by atoms with Crippen LogP contribution in [-0.2, 0) is 11.2 Å². The van der Waals surface area contributed by atoms with Gasteiger partial charge in [0.1, 0.15) is 4.83 Å². The Morgan fingerprint density at radius 3 is 2.57 bits per heavy atom. The minimum absolute atomic E-state index is 0.0411. The van der Waals surface area contributed by atoms with E-state index in [9.17, 15) is 9.59 Å². The van der Waals surface area contributed by atoms with Crippen molar-refractivity contribution in [1.29, 1.82) is 0 Å². The van der Waals surface area contributed by atoms with Crippen molar-refractivity contribution in [2.24, 2.45) is 0 Å². The number of hydrogen-bond donors (Lipinski definition) is 0. The third-order valence-electron chi connectivity index (χ3n) is 5.88. The molecule has 1 amide bonds. The van der Waals surface area contributed by atoms with Crippen molar-refractivity contribution >= 4 is 39.2 Å². The van der Waals surface area contributed by atoms with Crippen LogP contribution in [0.4, 0.5) is 0 Å². The molecule has 1 aliphatic rings. The van der Waals surface area contributed by atoms with Gasteiger partial charge in [-0.3, -0.25) is 14.2 Å². The first-order valence-corrected chi connectivity index (χ1v) is 12.2. The predicted molar refractivity (Wildman–Crippen MR) is 125 cm³/mol. The number of aryl methyl sites for hydroxylation is 4. The number of carbonyl (C=O) groups is 1. The number of nitrogens with zero attached hydrogens (tertiary/aromatic N) is 3. The number of fused-ring (bicyclic) bond motifs is 1. The Bertz CT molecular complexity index is 1170. The fourth-order valence-electron chi connectivity index (χ4n) is 4.00. The summed E-state index contributed by atoms with van der Waals surface area (Å²) in [7, 11) is 0. The molecule has 0 aliphatic carbocycles. The van der Waals surface area contributed by atoms with Gasteiger partial charge in [-0.05, 0) is 68.9 Å². The highest BCUT2D eigenvalue weighted by Gasteiger charge is 2.22. The third kappa shape index (κ3) is 3.81. The molecule has 0 bridgehead atoms. The van der Waals surface area contributed by atoms with E-state index < -0.39 is 0 Å². The topological polar surface area (TPSA) is 55.2 Å². The van der Waals surface area contributed by atoms with Crippen LogP contribution in [0, 0.1) is 20.8 Å². The molecule has 1 saturated heterocycles. The zero-order valence-corrected chi connectivity index (χ0v) is 19.6. The van der Waals surface area contributed by atoms with Crippen LogP contribution in [0.25, 0.3) is 15.9 Å². The molecule has 5 nitrogen and oxygen atoms in total. The number of amides is 1. The standard InChI is InChI=1S/C23H27N3O2S2/c1-5-18-16(4)30-21-20(18)22(28)26(17-9-8-14(2)15(3)12-17)23(24-21)29-13-19(27)25-10-6-7-11-25/h8-9,12H,5-7,10-11,13H2,1-4H3. The molecule has 3 heterocycles. The smallest absolute Gasteiger partial charge is 0.267 e. The molecule has 2 aromatic heterocycles. The van der Waals surface area contributed by atoms with Gasteiger partial charge in [0, 0.05) is 18.0 Å². The second-order valence-electron chi connectivity index (χ2n) is 7.85. The monoisotopic (exact) mass is 441 g/mol. The molecule has 1 aromatic carbocycles. The van der Waals surface area contributed by atoms with Gasteiger partial charge >= 0.3 is 0 Å². The highest BCUT2D eigenvalue weighted by atomic mass is 32.2. The van der Waals surface area contributed by atoms with Gasteiger partial charge in [-0.25, -0.2) is 4.98 Å². The number of thiophene rings is 1. The summed E-state index contributed by atoms with van der Waals surface area (Å²) >= 11 is 2.93. The summed E-state index contributed by atoms with van der Waals surface area (Å²) in [6, 6.07) is 6.03. The van der Waals surface area contributed by atoms with E-state index in [1.54, 1.807) is 15.9 Å². The molecule has 0 N–H and O–H groups in total. The fourth-order valence-corrected chi connectivity index (χ4v) is 6.07. The minimum Gasteiger partial charge on any atom is -0.342 e. The van der Waals surface area contributed by atoms with Crippen LogP contribution in [0.1, 0.15) is 41.3 Å². The van der Waals surface area contributed by atoms with Crippen molar-refractivity contribution in [3.8, 4) is 5.69 Å². The van der Waals surface area contributed by atoms with Crippen molar-refractivity contribution in [2.45, 2.75) is 52.1 Å². The molecule has 4 rings (SSSR count). The average Bonchev–Trinajstić information content (AvgIpc) is 3.36. The number of carbonyl (C=O) groups excluding carboxylic acids is 1. The second-order valence-corrected chi connectivity index (χ2v) is 10.00. The SMILES string of the molecule is CCc1c(C)sc2nc(SCC(=O)N3CCCC3)n(-c3ccc(C)c(C)c3)c(=O)c12. The molecular weight excluding hydrogens is 414 g/mol. The van der Waals surface area contributed by atoms with Crippen LogP contribution in [0.15, 0.2) is 28.2 Å². The van der Waals surface area contributed by atoms with Crippen molar-refractivity contribution in [1.82, 2.24) is 14.5 Å². The zero-order valence-electron chi connectivity index (χ0n) is 17.9. The summed E-state index contributed by atoms with van der Waals surface area (Å²) in [5.74, 6) is 0.420. The average molecular weight is 442 g/mol. The molecule has 0 radical (unpaired) electrons. The maximum Gasteiger partial charge on any atom is 0.267 e. The highest BCUT2D eigenvalue weighted by Crippen LogP contribution is 2.31. The van der Waals surface area contributed by atoms with E-state index in [1.807, 2.05) is 30.0 Å². The molecule has 0 atom stereocenters. The van der Waals surface area contributed by atoms with Gasteiger partial charge < -0.3 is 4.90 Å². The number of aromatic nitrogens is 2. The highest BCUT2D eigenvalue weighted by molar-refractivity contribution is 7.99. The van der Waals surface area contributed by atoms with E-state index in [1.165, 1.54) is 17.3 Å². The largest absolute Gasteiger partial charge is 0.342 e. The molecule has 0 spiro atoms. The van der Waals surface area contributed by atoms with Crippen LogP contribution >= 0.6 is 23.1 Å². The summed E-state index contributed by atoms with van der Waals surface area (Å²) in [5.41, 5.74) is 4.15. The maximum atomic E-state index is 13.7. The summed E-state index contributed by atoms with van der Waals surface area (Å²) in [6.07, 6.45) is 2.94. The number of hydrogen-bond acceptors (Lipinski definition) is 5. The summed E-state index contributed by atoms with van der Waals surface area (Å²) in [5, 5.41) is 1.31. The number of rotatable bonds is 5. The van der Waals surface area contributed by atoms with Gasteiger partial charge in [-0.15, -0.1) is 11.3 Å². The van der Waals surface area contributed by atoms with E-state index in [0.717, 1.165) is 58.9 Å². The van der Waals surface area contributed by atoms with Gasteiger partial charge in [0.2, 0.25) is 5.91 Å². The predicted octanol–water partition coefficient (Wildman–Crippen LogP) is 4.65. The number of benzene rings is 1. The van der Waals surface area contributed by atoms with Gasteiger partial charge in [-0.2, -0.15) is 0 Å². The van der Waals surface area contributed by atoms with Crippen molar-refractivity contribution in [2.75, 3.05) is 18.8 Å². The molecule has 0 unspecified atom stereocenters. The minimum atomic E-state index is -0.0411. The Morgan fingerprint density at radius 2 is 1.90 bits per heavy atom. The number of thioether (sulfide) groups is 1. The molecule has 0 saturated carbocycles. The molecule has 7 heteroatoms. The molecule has 30 heavy (non-hydrogen) atoms. The summed E-state index contributed by atoms with van der Waals surface area (Å²) in [6.45, 7) is 9.90. The van der Waals surface area contributed by atoms with Gasteiger partial charge in [0.15, 0.2) is 5.16 Å². The van der Waals surface area contributed by atoms with Crippen LogP contribution < -0.4 is 5.56 Å². The normalized spacial score (nSPS) is 14.1. The van der Waals surface area contributed by atoms with Crippen LogP contribution in [-0.4, -0.2) is 39.2 Å². The van der Waals surface area contributed by atoms with Crippen molar-refractivity contribution in [3.05, 3.63) is 50.1 Å². The third-order valence-corrected chi connectivity index (χ3v) is 7.85. The van der Waals surface area contributed by atoms with E-state index in [4.69, 9.17) is 4.98 Å². The Hall–Kier alpha value is -2.12.